The van der Waals surface area contributed by atoms with Crippen molar-refractivity contribution in [3.63, 3.8) is 0 Å². The van der Waals surface area contributed by atoms with Crippen LogP contribution in [-0.4, -0.2) is 37.4 Å². The largest absolute Gasteiger partial charge is 0.493 e. The highest BCUT2D eigenvalue weighted by Crippen LogP contribution is 2.40. The van der Waals surface area contributed by atoms with Crippen LogP contribution in [0.4, 0.5) is 0 Å². The summed E-state index contributed by atoms with van der Waals surface area (Å²) in [6.45, 7) is 3.88. The van der Waals surface area contributed by atoms with E-state index in [9.17, 15) is 4.79 Å². The number of nitrogens with one attached hydrogen (secondary N) is 1. The molecule has 0 fully saturated rings. The van der Waals surface area contributed by atoms with E-state index < -0.39 is 6.04 Å². The predicted octanol–water partition coefficient (Wildman–Crippen LogP) is 3.48. The van der Waals surface area contributed by atoms with Gasteiger partial charge >= 0.3 is 0 Å². The van der Waals surface area contributed by atoms with Crippen molar-refractivity contribution in [3.8, 4) is 28.6 Å². The highest BCUT2D eigenvalue weighted by atomic mass is 16.5. The molecule has 0 aliphatic rings. The lowest BCUT2D eigenvalue weighted by atomic mass is 10.0. The number of carbonyl (C=O) groups is 1. The molecule has 1 N–H and O–H groups in total. The number of benzene rings is 1. The van der Waals surface area contributed by atoms with Crippen molar-refractivity contribution in [3.05, 3.63) is 42.2 Å². The minimum absolute atomic E-state index is 0.00199. The summed E-state index contributed by atoms with van der Waals surface area (Å²) in [5.74, 6) is 1.87. The summed E-state index contributed by atoms with van der Waals surface area (Å²) in [4.78, 5) is 16.8. The molecule has 2 aromatic heterocycles. The molecule has 0 aliphatic carbocycles. The Bertz CT molecular complexity index is 940. The molecule has 1 amide bonds. The van der Waals surface area contributed by atoms with E-state index in [4.69, 9.17) is 23.2 Å². The molecule has 0 aliphatic heterocycles. The average Bonchev–Trinajstić information content (AvgIpc) is 3.42. The fourth-order valence-corrected chi connectivity index (χ4v) is 2.82. The lowest BCUT2D eigenvalue weighted by molar-refractivity contribution is 0.0885. The summed E-state index contributed by atoms with van der Waals surface area (Å²) in [5, 5.41) is 6.92. The van der Waals surface area contributed by atoms with Crippen LogP contribution in [0, 0.1) is 5.92 Å². The zero-order valence-electron chi connectivity index (χ0n) is 16.9. The number of hydrogen-bond donors (Lipinski definition) is 1. The van der Waals surface area contributed by atoms with Gasteiger partial charge in [0.15, 0.2) is 17.3 Å². The van der Waals surface area contributed by atoms with E-state index in [0.29, 0.717) is 28.6 Å². The van der Waals surface area contributed by atoms with E-state index in [-0.39, 0.29) is 23.5 Å². The van der Waals surface area contributed by atoms with Crippen molar-refractivity contribution in [2.24, 2.45) is 5.92 Å². The first kappa shape index (κ1) is 20.2. The van der Waals surface area contributed by atoms with Gasteiger partial charge in [-0.15, -0.1) is 0 Å². The molecule has 9 heteroatoms. The number of rotatable bonds is 8. The molecule has 2 heterocycles. The van der Waals surface area contributed by atoms with Gasteiger partial charge in [0.25, 0.3) is 5.91 Å². The third kappa shape index (κ3) is 4.18. The molecule has 154 valence electrons. The lowest BCUT2D eigenvalue weighted by Crippen LogP contribution is -2.31. The van der Waals surface area contributed by atoms with Crippen molar-refractivity contribution in [2.75, 3.05) is 21.3 Å². The maximum absolute atomic E-state index is 12.4. The van der Waals surface area contributed by atoms with E-state index in [0.717, 1.165) is 0 Å². The Balaban J connectivity index is 1.91. The summed E-state index contributed by atoms with van der Waals surface area (Å²) in [7, 11) is 4.59. The second-order valence-electron chi connectivity index (χ2n) is 6.54. The van der Waals surface area contributed by atoms with Gasteiger partial charge in [-0.3, -0.25) is 4.79 Å². The summed E-state index contributed by atoms with van der Waals surface area (Å²) >= 11 is 0. The number of furan rings is 1. The molecule has 1 aromatic carbocycles. The Labute approximate surface area is 167 Å². The van der Waals surface area contributed by atoms with Gasteiger partial charge < -0.3 is 28.5 Å². The number of methoxy groups -OCH3 is 3. The molecule has 3 aromatic rings. The van der Waals surface area contributed by atoms with Crippen molar-refractivity contribution in [2.45, 2.75) is 19.9 Å². The van der Waals surface area contributed by atoms with Crippen LogP contribution in [0.5, 0.6) is 17.2 Å². The molecular weight excluding hydrogens is 378 g/mol. The van der Waals surface area contributed by atoms with Crippen LogP contribution in [0.3, 0.4) is 0 Å². The zero-order chi connectivity index (χ0) is 21.0. The van der Waals surface area contributed by atoms with E-state index in [1.807, 2.05) is 13.8 Å². The first-order valence-corrected chi connectivity index (χ1v) is 8.96. The maximum atomic E-state index is 12.4. The molecular formula is C20H23N3O6. The van der Waals surface area contributed by atoms with Crippen LogP contribution >= 0.6 is 0 Å². The molecule has 0 radical (unpaired) electrons. The van der Waals surface area contributed by atoms with Gasteiger partial charge in [-0.1, -0.05) is 19.0 Å². The SMILES string of the molecule is COc1cc(-c2noc(C(NC(=O)c3ccco3)C(C)C)n2)cc(OC)c1OC. The van der Waals surface area contributed by atoms with Crippen LogP contribution in [0.15, 0.2) is 39.5 Å². The van der Waals surface area contributed by atoms with Gasteiger partial charge in [0.05, 0.1) is 27.6 Å². The highest BCUT2D eigenvalue weighted by Gasteiger charge is 2.27. The number of nitrogens with zero attached hydrogens (tertiary/aromatic N) is 2. The molecule has 0 saturated heterocycles. The molecule has 1 atom stereocenters. The number of hydrogen-bond acceptors (Lipinski definition) is 8. The Morgan fingerprint density at radius 1 is 1.10 bits per heavy atom. The molecule has 9 nitrogen and oxygen atoms in total. The zero-order valence-corrected chi connectivity index (χ0v) is 16.9. The molecule has 0 saturated carbocycles. The lowest BCUT2D eigenvalue weighted by Gasteiger charge is -2.17. The van der Waals surface area contributed by atoms with Gasteiger partial charge in [-0.2, -0.15) is 4.98 Å². The normalized spacial score (nSPS) is 11.9. The predicted molar refractivity (Wildman–Crippen MR) is 103 cm³/mol. The van der Waals surface area contributed by atoms with Crippen LogP contribution in [0.25, 0.3) is 11.4 Å². The second-order valence-corrected chi connectivity index (χ2v) is 6.54. The van der Waals surface area contributed by atoms with Crippen molar-refractivity contribution < 1.29 is 27.9 Å². The fourth-order valence-electron chi connectivity index (χ4n) is 2.82. The van der Waals surface area contributed by atoms with Crippen LogP contribution < -0.4 is 19.5 Å². The summed E-state index contributed by atoms with van der Waals surface area (Å²) in [5.41, 5.74) is 0.620. The van der Waals surface area contributed by atoms with Crippen LogP contribution in [0.1, 0.15) is 36.3 Å². The molecule has 0 spiro atoms. The Morgan fingerprint density at radius 3 is 2.31 bits per heavy atom. The molecule has 29 heavy (non-hydrogen) atoms. The minimum Gasteiger partial charge on any atom is -0.493 e. The first-order chi connectivity index (χ1) is 14.0. The standard InChI is InChI=1S/C20H23N3O6/c1-11(2)16(21-19(24)13-7-6-8-28-13)20-22-18(23-29-20)12-9-14(25-3)17(27-5)15(10-12)26-4/h6-11,16H,1-5H3,(H,21,24). The summed E-state index contributed by atoms with van der Waals surface area (Å²) in [6.07, 6.45) is 1.44. The third-order valence-electron chi connectivity index (χ3n) is 4.33. The topological polar surface area (TPSA) is 109 Å². The maximum Gasteiger partial charge on any atom is 0.287 e. The number of amides is 1. The van der Waals surface area contributed by atoms with Crippen molar-refractivity contribution in [1.82, 2.24) is 15.5 Å². The van der Waals surface area contributed by atoms with E-state index in [2.05, 4.69) is 15.5 Å². The van der Waals surface area contributed by atoms with Gasteiger partial charge in [-0.25, -0.2) is 0 Å². The van der Waals surface area contributed by atoms with E-state index in [1.54, 1.807) is 24.3 Å². The van der Waals surface area contributed by atoms with Crippen molar-refractivity contribution >= 4 is 5.91 Å². The number of carbonyl (C=O) groups excluding carboxylic acids is 1. The minimum atomic E-state index is -0.490. The quantitative estimate of drug-likeness (QED) is 0.611. The summed E-state index contributed by atoms with van der Waals surface area (Å²) in [6, 6.07) is 6.19. The van der Waals surface area contributed by atoms with Crippen LogP contribution in [0.2, 0.25) is 0 Å². The van der Waals surface area contributed by atoms with Crippen LogP contribution in [-0.2, 0) is 0 Å². The monoisotopic (exact) mass is 401 g/mol. The van der Waals surface area contributed by atoms with E-state index >= 15 is 0 Å². The second kappa shape index (κ2) is 8.68. The highest BCUT2D eigenvalue weighted by molar-refractivity contribution is 5.91. The Hall–Kier alpha value is -3.49. The molecule has 3 rings (SSSR count). The van der Waals surface area contributed by atoms with Gasteiger partial charge in [-0.05, 0) is 30.2 Å². The Kier molecular flexibility index (Phi) is 6.06. The van der Waals surface area contributed by atoms with E-state index in [1.165, 1.54) is 27.6 Å². The summed E-state index contributed by atoms with van der Waals surface area (Å²) < 4.78 is 26.7. The first-order valence-electron chi connectivity index (χ1n) is 8.96. The van der Waals surface area contributed by atoms with Crippen molar-refractivity contribution in [1.29, 1.82) is 0 Å². The van der Waals surface area contributed by atoms with Gasteiger partial charge in [0.2, 0.25) is 17.5 Å². The number of aromatic nitrogens is 2. The van der Waals surface area contributed by atoms with Gasteiger partial charge in [0, 0.05) is 5.56 Å². The molecule has 1 unspecified atom stereocenters. The average molecular weight is 401 g/mol. The smallest absolute Gasteiger partial charge is 0.287 e. The third-order valence-corrected chi connectivity index (χ3v) is 4.33. The molecule has 0 bridgehead atoms. The number of ether oxygens (including phenoxy) is 3. The fraction of sp³-hybridized carbons (Fsp3) is 0.350. The van der Waals surface area contributed by atoms with Gasteiger partial charge in [0.1, 0.15) is 6.04 Å². The Morgan fingerprint density at radius 2 is 1.79 bits per heavy atom.